The minimum atomic E-state index is -1.66. The third kappa shape index (κ3) is 21.7. The number of aliphatic hydroxyl groups is 5. The van der Waals surface area contributed by atoms with Gasteiger partial charge >= 0.3 is 5.97 Å². The van der Waals surface area contributed by atoms with E-state index in [-0.39, 0.29) is 32.1 Å². The zero-order valence-electron chi connectivity index (χ0n) is 22.8. The van der Waals surface area contributed by atoms with Gasteiger partial charge in [0.25, 0.3) is 0 Å². The Bertz CT molecular complexity index is 743. The molecule has 8 heteroatoms. The highest BCUT2D eigenvalue weighted by molar-refractivity contribution is 5.69. The van der Waals surface area contributed by atoms with Crippen molar-refractivity contribution in [1.82, 2.24) is 5.32 Å². The summed E-state index contributed by atoms with van der Waals surface area (Å²) < 4.78 is 5.09. The summed E-state index contributed by atoms with van der Waals surface area (Å²) in [4.78, 5) is 11.7. The number of aliphatic hydroxyl groups excluding tert-OH is 5. The molecular weight excluding hydrogens is 486 g/mol. The van der Waals surface area contributed by atoms with Gasteiger partial charge in [0.1, 0.15) is 24.9 Å². The molecule has 0 saturated heterocycles. The maximum atomic E-state index is 11.7. The molecule has 216 valence electrons. The van der Waals surface area contributed by atoms with E-state index in [1.165, 1.54) is 0 Å². The van der Waals surface area contributed by atoms with Crippen molar-refractivity contribution in [2.24, 2.45) is 0 Å². The SMILES string of the molecule is CCC=CCC=CCC=CCC=CCC=CCC=CCCC(=O)OCCNCC(O)C(O)C(O)C(O)CO. The zero-order valence-corrected chi connectivity index (χ0v) is 22.8. The predicted molar refractivity (Wildman–Crippen MR) is 152 cm³/mol. The molecule has 0 heterocycles. The van der Waals surface area contributed by atoms with Crippen LogP contribution in [0.15, 0.2) is 72.9 Å². The molecule has 0 aliphatic heterocycles. The molecule has 8 nitrogen and oxygen atoms in total. The Morgan fingerprint density at radius 3 is 1.63 bits per heavy atom. The smallest absolute Gasteiger partial charge is 0.306 e. The lowest BCUT2D eigenvalue weighted by atomic mass is 10.0. The first-order valence-electron chi connectivity index (χ1n) is 13.5. The molecule has 0 aromatic rings. The third-order valence-corrected chi connectivity index (χ3v) is 5.33. The van der Waals surface area contributed by atoms with Crippen LogP contribution in [-0.4, -0.2) is 82.2 Å². The number of ether oxygens (including phenoxy) is 1. The fraction of sp³-hybridized carbons (Fsp3) is 0.567. The van der Waals surface area contributed by atoms with Crippen molar-refractivity contribution < 1.29 is 35.1 Å². The van der Waals surface area contributed by atoms with E-state index in [0.29, 0.717) is 6.42 Å². The maximum absolute atomic E-state index is 11.7. The maximum Gasteiger partial charge on any atom is 0.306 e. The lowest BCUT2D eigenvalue weighted by Crippen LogP contribution is -2.49. The Morgan fingerprint density at radius 1 is 0.711 bits per heavy atom. The molecule has 0 aliphatic rings. The summed E-state index contributed by atoms with van der Waals surface area (Å²) in [6.45, 7) is 1.69. The second kappa shape index (κ2) is 26.3. The van der Waals surface area contributed by atoms with Gasteiger partial charge in [-0.3, -0.25) is 4.79 Å². The van der Waals surface area contributed by atoms with Crippen LogP contribution in [0.25, 0.3) is 0 Å². The Morgan fingerprint density at radius 2 is 1.16 bits per heavy atom. The van der Waals surface area contributed by atoms with E-state index >= 15 is 0 Å². The van der Waals surface area contributed by atoms with E-state index in [4.69, 9.17) is 9.84 Å². The van der Waals surface area contributed by atoms with E-state index < -0.39 is 31.0 Å². The summed E-state index contributed by atoms with van der Waals surface area (Å²) >= 11 is 0. The standard InChI is InChI=1S/C30H49NO7/c1-2-3-4-5-6-7-8-9-10-11-12-13-14-15-16-17-18-19-20-21-28(35)38-23-22-31-24-26(33)29(36)30(37)27(34)25-32/h3-4,6-7,9-10,12-13,15-16,18-19,26-27,29-34,36-37H,2,5,8,11,14,17,20-25H2,1H3. The summed E-state index contributed by atoms with van der Waals surface area (Å²) in [5.74, 6) is -0.326. The fourth-order valence-corrected chi connectivity index (χ4v) is 3.08. The van der Waals surface area contributed by atoms with Crippen LogP contribution in [-0.2, 0) is 9.53 Å². The molecule has 0 saturated carbocycles. The molecule has 0 bridgehead atoms. The molecule has 4 unspecified atom stereocenters. The van der Waals surface area contributed by atoms with E-state index in [0.717, 1.165) is 38.5 Å². The molecule has 38 heavy (non-hydrogen) atoms. The second-order valence-corrected chi connectivity index (χ2v) is 8.68. The van der Waals surface area contributed by atoms with E-state index in [1.54, 1.807) is 0 Å². The topological polar surface area (TPSA) is 139 Å². The fourth-order valence-electron chi connectivity index (χ4n) is 3.08. The van der Waals surface area contributed by atoms with Crippen molar-refractivity contribution in [1.29, 1.82) is 0 Å². The van der Waals surface area contributed by atoms with Gasteiger partial charge in [-0.25, -0.2) is 0 Å². The molecule has 0 amide bonds. The first kappa shape index (κ1) is 35.7. The Kier molecular flexibility index (Phi) is 24.7. The Balaban J connectivity index is 3.70. The molecule has 0 rings (SSSR count). The number of carbonyl (C=O) groups excluding carboxylic acids is 1. The lowest BCUT2D eigenvalue weighted by molar-refractivity contribution is -0.143. The summed E-state index contributed by atoms with van der Waals surface area (Å²) in [6, 6.07) is 0. The molecule has 0 aliphatic carbocycles. The van der Waals surface area contributed by atoms with Crippen LogP contribution in [0, 0.1) is 0 Å². The van der Waals surface area contributed by atoms with Crippen LogP contribution < -0.4 is 5.32 Å². The molecule has 0 fully saturated rings. The number of esters is 1. The Hall–Kier alpha value is -2.33. The number of nitrogens with one attached hydrogen (secondary N) is 1. The summed E-state index contributed by atoms with van der Waals surface area (Å²) in [6.07, 6.45) is 26.0. The Labute approximate surface area is 228 Å². The molecule has 6 N–H and O–H groups in total. The van der Waals surface area contributed by atoms with E-state index in [1.807, 2.05) is 12.2 Å². The van der Waals surface area contributed by atoms with Crippen LogP contribution in [0.1, 0.15) is 58.3 Å². The van der Waals surface area contributed by atoms with Gasteiger partial charge in [0, 0.05) is 19.5 Å². The molecule has 4 atom stereocenters. The van der Waals surface area contributed by atoms with Gasteiger partial charge in [0.2, 0.25) is 0 Å². The highest BCUT2D eigenvalue weighted by Gasteiger charge is 2.29. The van der Waals surface area contributed by atoms with Gasteiger partial charge in [0.05, 0.1) is 12.7 Å². The van der Waals surface area contributed by atoms with Crippen molar-refractivity contribution in [3.63, 3.8) is 0 Å². The average molecular weight is 536 g/mol. The van der Waals surface area contributed by atoms with Crippen molar-refractivity contribution in [2.75, 3.05) is 26.3 Å². The van der Waals surface area contributed by atoms with Crippen molar-refractivity contribution in [2.45, 2.75) is 82.7 Å². The van der Waals surface area contributed by atoms with Gasteiger partial charge in [-0.05, 0) is 44.9 Å². The highest BCUT2D eigenvalue weighted by atomic mass is 16.5. The van der Waals surface area contributed by atoms with Gasteiger partial charge in [-0.2, -0.15) is 0 Å². The van der Waals surface area contributed by atoms with Crippen molar-refractivity contribution in [3.8, 4) is 0 Å². The number of rotatable bonds is 23. The minimum Gasteiger partial charge on any atom is -0.464 e. The van der Waals surface area contributed by atoms with Crippen LogP contribution in [0.3, 0.4) is 0 Å². The van der Waals surface area contributed by atoms with Crippen molar-refractivity contribution in [3.05, 3.63) is 72.9 Å². The summed E-state index contributed by atoms with van der Waals surface area (Å²) in [7, 11) is 0. The van der Waals surface area contributed by atoms with Crippen LogP contribution in [0.2, 0.25) is 0 Å². The number of hydrogen-bond donors (Lipinski definition) is 6. The van der Waals surface area contributed by atoms with Gasteiger partial charge in [-0.1, -0.05) is 79.8 Å². The lowest BCUT2D eigenvalue weighted by Gasteiger charge is -2.25. The van der Waals surface area contributed by atoms with Gasteiger partial charge < -0.3 is 35.6 Å². The van der Waals surface area contributed by atoms with E-state index in [9.17, 15) is 25.2 Å². The largest absolute Gasteiger partial charge is 0.464 e. The zero-order chi connectivity index (χ0) is 28.3. The van der Waals surface area contributed by atoms with Gasteiger partial charge in [-0.15, -0.1) is 0 Å². The highest BCUT2D eigenvalue weighted by Crippen LogP contribution is 2.04. The van der Waals surface area contributed by atoms with Crippen molar-refractivity contribution >= 4 is 5.97 Å². The second-order valence-electron chi connectivity index (χ2n) is 8.68. The number of carbonyl (C=O) groups is 1. The molecule has 0 aromatic heterocycles. The normalized spacial score (nSPS) is 16.1. The summed E-state index contributed by atoms with van der Waals surface area (Å²) in [5, 5.41) is 49.8. The molecule has 0 spiro atoms. The van der Waals surface area contributed by atoms with Crippen LogP contribution >= 0.6 is 0 Å². The average Bonchev–Trinajstić information content (AvgIpc) is 2.92. The molecular formula is C30H49NO7. The number of allylic oxidation sites excluding steroid dienone is 12. The van der Waals surface area contributed by atoms with Crippen LogP contribution in [0.4, 0.5) is 0 Å². The van der Waals surface area contributed by atoms with Crippen LogP contribution in [0.5, 0.6) is 0 Å². The minimum absolute atomic E-state index is 0.0769. The molecule has 0 aromatic carbocycles. The quantitative estimate of drug-likeness (QED) is 0.0667. The van der Waals surface area contributed by atoms with E-state index in [2.05, 4.69) is 73.0 Å². The predicted octanol–water partition coefficient (Wildman–Crippen LogP) is 3.03. The molecule has 0 radical (unpaired) electrons. The number of hydrogen-bond acceptors (Lipinski definition) is 8. The monoisotopic (exact) mass is 535 g/mol. The first-order valence-corrected chi connectivity index (χ1v) is 13.5. The van der Waals surface area contributed by atoms with Gasteiger partial charge in [0.15, 0.2) is 0 Å². The third-order valence-electron chi connectivity index (χ3n) is 5.33. The first-order chi connectivity index (χ1) is 18.4. The summed E-state index contributed by atoms with van der Waals surface area (Å²) in [5.41, 5.74) is 0.